The topological polar surface area (TPSA) is 206 Å². The quantitative estimate of drug-likeness (QED) is 0.0277. The third-order valence-corrected chi connectivity index (χ3v) is 8.68. The molecule has 1 aromatic carbocycles. The van der Waals surface area contributed by atoms with Gasteiger partial charge in [0.25, 0.3) is 17.7 Å². The highest BCUT2D eigenvalue weighted by Gasteiger charge is 2.24. The summed E-state index contributed by atoms with van der Waals surface area (Å²) in [6.07, 6.45) is 5.14. The number of nitrogens with two attached hydrogens (primary N) is 1. The van der Waals surface area contributed by atoms with E-state index in [2.05, 4.69) is 31.5 Å². The summed E-state index contributed by atoms with van der Waals surface area (Å²) in [6, 6.07) is 7.84. The van der Waals surface area contributed by atoms with Crippen LogP contribution in [-0.4, -0.2) is 67.9 Å². The van der Waals surface area contributed by atoms with E-state index < -0.39 is 17.7 Å². The minimum Gasteiger partial charge on any atom is -0.369 e. The van der Waals surface area contributed by atoms with Crippen LogP contribution in [0.3, 0.4) is 0 Å². The van der Waals surface area contributed by atoms with Crippen LogP contribution in [0, 0.1) is 26.2 Å². The lowest BCUT2D eigenvalue weighted by Crippen LogP contribution is -2.49. The first-order chi connectivity index (χ1) is 22.0. The van der Waals surface area contributed by atoms with Crippen molar-refractivity contribution in [1.82, 2.24) is 25.1 Å². The van der Waals surface area contributed by atoms with Gasteiger partial charge < -0.3 is 26.3 Å². The normalized spacial score (nSPS) is 10.7. The van der Waals surface area contributed by atoms with Gasteiger partial charge >= 0.3 is 0 Å². The lowest BCUT2D eigenvalue weighted by atomic mass is 10.0. The summed E-state index contributed by atoms with van der Waals surface area (Å²) in [7, 11) is 0. The number of carbonyl (C=O) groups is 4. The number of anilines is 2. The van der Waals surface area contributed by atoms with E-state index in [0.29, 0.717) is 46.9 Å². The number of aromatic nitrogens is 3. The van der Waals surface area contributed by atoms with Crippen molar-refractivity contribution in [2.75, 3.05) is 34.2 Å². The molecule has 0 unspecified atom stereocenters. The highest BCUT2D eigenvalue weighted by atomic mass is 35.5. The van der Waals surface area contributed by atoms with E-state index in [1.807, 2.05) is 24.3 Å². The van der Waals surface area contributed by atoms with E-state index in [9.17, 15) is 19.2 Å². The minimum absolute atomic E-state index is 0.189. The van der Waals surface area contributed by atoms with E-state index in [1.165, 1.54) is 22.1 Å². The Morgan fingerprint density at radius 1 is 0.978 bits per heavy atom. The maximum absolute atomic E-state index is 13.5. The molecule has 3 aromatic heterocycles. The number of guanidine groups is 1. The van der Waals surface area contributed by atoms with Crippen LogP contribution in [0.4, 0.5) is 11.4 Å². The van der Waals surface area contributed by atoms with E-state index >= 15 is 0 Å². The predicted octanol–water partition coefficient (Wildman–Crippen LogP) is 4.13. The van der Waals surface area contributed by atoms with Crippen molar-refractivity contribution >= 4 is 64.8 Å². The Bertz CT molecular complexity index is 1780. The van der Waals surface area contributed by atoms with Gasteiger partial charge in [0, 0.05) is 58.4 Å². The molecule has 0 saturated heterocycles. The summed E-state index contributed by atoms with van der Waals surface area (Å²) >= 11 is 7.44. The summed E-state index contributed by atoms with van der Waals surface area (Å²) < 4.78 is 1.36. The fraction of sp³-hybridized carbons (Fsp3) is 0.233. The fourth-order valence-corrected chi connectivity index (χ4v) is 5.66. The Morgan fingerprint density at radius 2 is 1.57 bits per heavy atom. The molecule has 46 heavy (non-hydrogen) atoms. The number of thioether (sulfide) groups is 1. The van der Waals surface area contributed by atoms with Crippen molar-refractivity contribution in [1.29, 1.82) is 5.41 Å². The Balaban J connectivity index is 1.50. The summed E-state index contributed by atoms with van der Waals surface area (Å²) in [5.74, 6) is -0.494. The Morgan fingerprint density at radius 3 is 2.11 bits per heavy atom. The molecular weight excluding hydrogens is 632 g/mol. The van der Waals surface area contributed by atoms with Gasteiger partial charge in [0.15, 0.2) is 0 Å². The molecule has 3 heterocycles. The molecule has 4 amide bonds. The number of carbonyl (C=O) groups excluding carboxylic acids is 4. The molecule has 4 rings (SSSR count). The predicted molar refractivity (Wildman–Crippen MR) is 180 cm³/mol. The van der Waals surface area contributed by atoms with Crippen molar-refractivity contribution < 1.29 is 19.2 Å². The van der Waals surface area contributed by atoms with E-state index in [1.54, 1.807) is 45.7 Å². The van der Waals surface area contributed by atoms with Crippen molar-refractivity contribution in [2.45, 2.75) is 32.6 Å². The first-order valence-corrected chi connectivity index (χ1v) is 15.6. The number of nitrogens with one attached hydrogen (secondary N) is 7. The molecule has 16 heteroatoms. The van der Waals surface area contributed by atoms with E-state index in [-0.39, 0.29) is 23.0 Å². The van der Waals surface area contributed by atoms with E-state index in [4.69, 9.17) is 22.7 Å². The summed E-state index contributed by atoms with van der Waals surface area (Å²) in [6.45, 7) is 7.15. The number of halogens is 1. The molecule has 0 aliphatic carbocycles. The Kier molecular flexibility index (Phi) is 10.8. The Hall–Kier alpha value is -5.15. The van der Waals surface area contributed by atoms with Crippen LogP contribution in [0.25, 0.3) is 11.1 Å². The Labute approximate surface area is 274 Å². The van der Waals surface area contributed by atoms with Gasteiger partial charge in [0.1, 0.15) is 17.1 Å². The molecule has 14 nitrogen and oxygen atoms in total. The number of hydrazine groups is 1. The SMILES string of the molecule is CCN(NC(=O)c1[nH]cc(NC(=O)c2[nH]cc(NC(=O)c3c(C)c(-c4ccc(SCCCl)cc4)cn3NC=O)c2C)c1C)C(=N)N. The van der Waals surface area contributed by atoms with Crippen LogP contribution >= 0.6 is 23.4 Å². The number of hydrogen-bond acceptors (Lipinski definition) is 6. The van der Waals surface area contributed by atoms with Gasteiger partial charge in [-0.3, -0.25) is 45.1 Å². The number of alkyl halides is 1. The van der Waals surface area contributed by atoms with Crippen LogP contribution < -0.4 is 27.2 Å². The lowest BCUT2D eigenvalue weighted by Gasteiger charge is -2.21. The number of rotatable bonds is 12. The molecule has 4 aromatic rings. The zero-order chi connectivity index (χ0) is 33.5. The minimum atomic E-state index is -0.526. The first-order valence-electron chi connectivity index (χ1n) is 14.1. The summed E-state index contributed by atoms with van der Waals surface area (Å²) in [5.41, 5.74) is 15.1. The standard InChI is InChI=1S/C30H35ClN10O4S/c1-5-40(30(32)33)39-28(44)25-18(4)22(12-35-25)37-27(43)24-17(3)23(13-34-24)38-29(45)26-16(2)21(14-41(26)36-15-42)19-6-8-20(9-7-19)46-11-10-31/h6-9,12-15,34-35H,5,10-11H2,1-4H3,(H3,32,33)(H,36,42)(H,37,43)(H,38,45)(H,39,44). The molecule has 0 atom stereocenters. The highest BCUT2D eigenvalue weighted by Crippen LogP contribution is 2.31. The number of aromatic amines is 2. The molecular formula is C30H35ClN10O4S. The maximum Gasteiger partial charge on any atom is 0.286 e. The highest BCUT2D eigenvalue weighted by molar-refractivity contribution is 7.99. The lowest BCUT2D eigenvalue weighted by molar-refractivity contribution is -0.106. The molecule has 0 radical (unpaired) electrons. The van der Waals surface area contributed by atoms with Crippen molar-refractivity contribution in [3.05, 3.63) is 76.6 Å². The maximum atomic E-state index is 13.5. The molecule has 9 N–H and O–H groups in total. The third-order valence-electron chi connectivity index (χ3n) is 7.25. The van der Waals surface area contributed by atoms with Crippen LogP contribution in [0.15, 0.2) is 47.8 Å². The van der Waals surface area contributed by atoms with Gasteiger partial charge in [0.05, 0.1) is 11.4 Å². The number of hydrogen-bond donors (Lipinski definition) is 8. The smallest absolute Gasteiger partial charge is 0.286 e. The number of amides is 4. The largest absolute Gasteiger partial charge is 0.369 e. The summed E-state index contributed by atoms with van der Waals surface area (Å²) in [5, 5.41) is 14.3. The number of nitrogens with zero attached hydrogens (tertiary/aromatic N) is 2. The second kappa shape index (κ2) is 14.8. The third kappa shape index (κ3) is 7.21. The van der Waals surface area contributed by atoms with Gasteiger partial charge in [-0.2, -0.15) is 0 Å². The molecule has 0 aliphatic heterocycles. The van der Waals surface area contributed by atoms with E-state index in [0.717, 1.165) is 21.8 Å². The van der Waals surface area contributed by atoms with Crippen molar-refractivity contribution in [3.63, 3.8) is 0 Å². The van der Waals surface area contributed by atoms with Crippen molar-refractivity contribution in [3.8, 4) is 11.1 Å². The van der Waals surface area contributed by atoms with Crippen molar-refractivity contribution in [2.24, 2.45) is 5.73 Å². The second-order valence-electron chi connectivity index (χ2n) is 10.1. The first kappa shape index (κ1) is 33.7. The molecule has 0 spiro atoms. The zero-order valence-corrected chi connectivity index (χ0v) is 27.2. The average molecular weight is 667 g/mol. The monoisotopic (exact) mass is 666 g/mol. The van der Waals surface area contributed by atoms with Gasteiger partial charge in [0.2, 0.25) is 12.4 Å². The molecule has 0 aliphatic rings. The van der Waals surface area contributed by atoms with Gasteiger partial charge in [-0.25, -0.2) is 0 Å². The number of benzene rings is 1. The summed E-state index contributed by atoms with van der Waals surface area (Å²) in [4.78, 5) is 57.6. The molecule has 0 fully saturated rings. The van der Waals surface area contributed by atoms with Crippen LogP contribution in [0.2, 0.25) is 0 Å². The van der Waals surface area contributed by atoms with Crippen LogP contribution in [0.1, 0.15) is 55.1 Å². The van der Waals surface area contributed by atoms with Gasteiger partial charge in [-0.15, -0.1) is 23.4 Å². The molecule has 242 valence electrons. The zero-order valence-electron chi connectivity index (χ0n) is 25.6. The molecule has 0 bridgehead atoms. The van der Waals surface area contributed by atoms with Gasteiger partial charge in [-0.05, 0) is 51.0 Å². The average Bonchev–Trinajstić information content (AvgIpc) is 3.69. The van der Waals surface area contributed by atoms with Crippen LogP contribution in [0.5, 0.6) is 0 Å². The number of H-pyrrole nitrogens is 2. The second-order valence-corrected chi connectivity index (χ2v) is 11.6. The van der Waals surface area contributed by atoms with Crippen LogP contribution in [-0.2, 0) is 4.79 Å². The fourth-order valence-electron chi connectivity index (χ4n) is 4.79. The molecule has 0 saturated carbocycles. The van der Waals surface area contributed by atoms with Gasteiger partial charge in [-0.1, -0.05) is 12.1 Å².